The van der Waals surface area contributed by atoms with Gasteiger partial charge in [0.2, 0.25) is 0 Å². The van der Waals surface area contributed by atoms with Gasteiger partial charge in [0, 0.05) is 26.3 Å². The Hall–Kier alpha value is -3.23. The number of likely N-dealkylation sites (tertiary alicyclic amines) is 1. The molecule has 2 aromatic carbocycles. The molecule has 1 unspecified atom stereocenters. The molecule has 1 saturated heterocycles. The summed E-state index contributed by atoms with van der Waals surface area (Å²) in [6, 6.07) is 9.23. The van der Waals surface area contributed by atoms with E-state index >= 15 is 0 Å². The highest BCUT2D eigenvalue weighted by atomic mass is 35.5. The van der Waals surface area contributed by atoms with Gasteiger partial charge in [0.25, 0.3) is 11.7 Å². The number of carbonyl (C=O) groups is 2. The van der Waals surface area contributed by atoms with E-state index in [1.54, 1.807) is 31.4 Å². The third-order valence-electron chi connectivity index (χ3n) is 5.52. The quantitative estimate of drug-likeness (QED) is 0.231. The lowest BCUT2D eigenvalue weighted by Gasteiger charge is -2.25. The molecule has 8 nitrogen and oxygen atoms in total. The number of ketones is 1. The third-order valence-corrected chi connectivity index (χ3v) is 5.82. The van der Waals surface area contributed by atoms with Gasteiger partial charge in [-0.25, -0.2) is 0 Å². The lowest BCUT2D eigenvalue weighted by Crippen LogP contribution is -2.31. The molecule has 34 heavy (non-hydrogen) atoms. The van der Waals surface area contributed by atoms with E-state index in [0.29, 0.717) is 30.9 Å². The Morgan fingerprint density at radius 2 is 1.74 bits per heavy atom. The maximum atomic E-state index is 13.2. The van der Waals surface area contributed by atoms with Gasteiger partial charge in [-0.2, -0.15) is 0 Å². The minimum atomic E-state index is -0.807. The summed E-state index contributed by atoms with van der Waals surface area (Å²) in [5.74, 6) is -0.679. The molecule has 9 heteroatoms. The number of aliphatic hydroxyl groups excluding tert-OH is 1. The summed E-state index contributed by atoms with van der Waals surface area (Å²) in [5, 5.41) is 11.6. The van der Waals surface area contributed by atoms with E-state index in [4.69, 9.17) is 30.5 Å². The molecule has 2 aromatic rings. The van der Waals surface area contributed by atoms with Crippen LogP contribution in [0.25, 0.3) is 5.76 Å². The normalized spacial score (nSPS) is 17.2. The average molecular weight is 490 g/mol. The molecule has 1 fully saturated rings. The van der Waals surface area contributed by atoms with Crippen LogP contribution in [-0.2, 0) is 14.3 Å². The van der Waals surface area contributed by atoms with E-state index in [0.717, 1.165) is 0 Å². The molecule has 1 N–H and O–H groups in total. The first-order valence-electron chi connectivity index (χ1n) is 10.8. The molecule has 3 rings (SSSR count). The maximum Gasteiger partial charge on any atom is 0.295 e. The zero-order valence-corrected chi connectivity index (χ0v) is 20.3. The molecular formula is C25H28ClNO7. The Morgan fingerprint density at radius 3 is 2.32 bits per heavy atom. The van der Waals surface area contributed by atoms with Crippen molar-refractivity contribution in [3.05, 3.63) is 58.1 Å². The van der Waals surface area contributed by atoms with Gasteiger partial charge in [-0.05, 0) is 37.1 Å². The lowest BCUT2D eigenvalue weighted by atomic mass is 9.94. The Labute approximate surface area is 203 Å². The van der Waals surface area contributed by atoms with Gasteiger partial charge in [0.15, 0.2) is 0 Å². The van der Waals surface area contributed by atoms with Crippen LogP contribution in [0.2, 0.25) is 5.02 Å². The number of nitrogens with zero attached hydrogens (tertiary/aromatic N) is 1. The Morgan fingerprint density at radius 1 is 1.06 bits per heavy atom. The van der Waals surface area contributed by atoms with E-state index in [9.17, 15) is 14.7 Å². The number of amides is 1. The minimum Gasteiger partial charge on any atom is -0.507 e. The predicted molar refractivity (Wildman–Crippen MR) is 128 cm³/mol. The lowest BCUT2D eigenvalue weighted by molar-refractivity contribution is -0.140. The second kappa shape index (κ2) is 11.3. The van der Waals surface area contributed by atoms with Crippen molar-refractivity contribution in [2.45, 2.75) is 19.4 Å². The molecular weight excluding hydrogens is 462 g/mol. The van der Waals surface area contributed by atoms with Crippen molar-refractivity contribution in [1.29, 1.82) is 0 Å². The topological polar surface area (TPSA) is 94.5 Å². The van der Waals surface area contributed by atoms with E-state index in [-0.39, 0.29) is 40.0 Å². The second-order valence-corrected chi connectivity index (χ2v) is 7.94. The highest BCUT2D eigenvalue weighted by Gasteiger charge is 2.46. The Kier molecular flexibility index (Phi) is 8.41. The average Bonchev–Trinajstić information content (AvgIpc) is 3.09. The van der Waals surface area contributed by atoms with Gasteiger partial charge in [0.1, 0.15) is 23.0 Å². The van der Waals surface area contributed by atoms with Crippen molar-refractivity contribution in [2.75, 3.05) is 41.1 Å². The number of carbonyl (C=O) groups excluding carboxylic acids is 2. The number of rotatable bonds is 10. The van der Waals surface area contributed by atoms with Crippen LogP contribution < -0.4 is 14.2 Å². The van der Waals surface area contributed by atoms with Crippen LogP contribution in [0.1, 0.15) is 30.5 Å². The summed E-state index contributed by atoms with van der Waals surface area (Å²) < 4.78 is 21.3. The number of hydrogen-bond acceptors (Lipinski definition) is 7. The zero-order valence-electron chi connectivity index (χ0n) is 19.6. The molecule has 1 amide bonds. The van der Waals surface area contributed by atoms with Crippen LogP contribution in [0.3, 0.4) is 0 Å². The van der Waals surface area contributed by atoms with Crippen molar-refractivity contribution in [1.82, 2.24) is 4.90 Å². The molecule has 0 bridgehead atoms. The fourth-order valence-electron chi connectivity index (χ4n) is 3.94. The van der Waals surface area contributed by atoms with E-state index in [1.807, 2.05) is 6.92 Å². The van der Waals surface area contributed by atoms with Gasteiger partial charge in [0.05, 0.1) is 43.0 Å². The van der Waals surface area contributed by atoms with Gasteiger partial charge in [-0.1, -0.05) is 23.7 Å². The summed E-state index contributed by atoms with van der Waals surface area (Å²) in [4.78, 5) is 27.6. The van der Waals surface area contributed by atoms with Gasteiger partial charge < -0.3 is 29.0 Å². The van der Waals surface area contributed by atoms with Crippen LogP contribution in [0.4, 0.5) is 0 Å². The molecule has 0 aliphatic carbocycles. The van der Waals surface area contributed by atoms with E-state index in [2.05, 4.69) is 0 Å². The molecule has 1 heterocycles. The van der Waals surface area contributed by atoms with Crippen molar-refractivity contribution in [3.63, 3.8) is 0 Å². The standard InChI is InChI=1S/C25H28ClNO7/c1-5-34-16-9-7-15(8-10-16)22-21(24(29)25(30)27(22)11-6-12-31-2)23(28)17-13-20(33-4)18(26)14-19(17)32-3/h7-10,13-14,22,28H,5-6,11-12H2,1-4H3/b23-21+. The van der Waals surface area contributed by atoms with Crippen molar-refractivity contribution in [2.24, 2.45) is 0 Å². The predicted octanol–water partition coefficient (Wildman–Crippen LogP) is 4.21. The highest BCUT2D eigenvalue weighted by Crippen LogP contribution is 2.43. The van der Waals surface area contributed by atoms with Gasteiger partial charge in [-0.15, -0.1) is 0 Å². The fourth-order valence-corrected chi connectivity index (χ4v) is 4.17. The number of ether oxygens (including phenoxy) is 4. The smallest absolute Gasteiger partial charge is 0.295 e. The SMILES string of the molecule is CCOc1ccc(C2/C(=C(\O)c3cc(OC)c(Cl)cc3OC)C(=O)C(=O)N2CCCOC)cc1. The monoisotopic (exact) mass is 489 g/mol. The summed E-state index contributed by atoms with van der Waals surface area (Å²) in [6.07, 6.45) is 0.523. The number of benzene rings is 2. The fraction of sp³-hybridized carbons (Fsp3) is 0.360. The van der Waals surface area contributed by atoms with Crippen LogP contribution in [-0.4, -0.2) is 62.8 Å². The summed E-state index contributed by atoms with van der Waals surface area (Å²) >= 11 is 6.20. The second-order valence-electron chi connectivity index (χ2n) is 7.53. The van der Waals surface area contributed by atoms with Crippen molar-refractivity contribution in [3.8, 4) is 17.2 Å². The molecule has 0 radical (unpaired) electrons. The molecule has 182 valence electrons. The molecule has 0 saturated carbocycles. The number of hydrogen-bond donors (Lipinski definition) is 1. The molecule has 1 atom stereocenters. The van der Waals surface area contributed by atoms with Crippen LogP contribution in [0.5, 0.6) is 17.2 Å². The zero-order chi connectivity index (χ0) is 24.8. The van der Waals surface area contributed by atoms with Gasteiger partial charge >= 0.3 is 0 Å². The van der Waals surface area contributed by atoms with Crippen molar-refractivity contribution >= 4 is 29.1 Å². The van der Waals surface area contributed by atoms with Crippen LogP contribution >= 0.6 is 11.6 Å². The number of methoxy groups -OCH3 is 3. The molecule has 0 spiro atoms. The molecule has 1 aliphatic rings. The van der Waals surface area contributed by atoms with Crippen LogP contribution in [0.15, 0.2) is 42.0 Å². The number of Topliss-reactive ketones (excluding diaryl/α,β-unsaturated/α-hetero) is 1. The third kappa shape index (κ3) is 4.98. The summed E-state index contributed by atoms with van der Waals surface area (Å²) in [5.41, 5.74) is 0.797. The Balaban J connectivity index is 2.18. The Bertz CT molecular complexity index is 1080. The minimum absolute atomic E-state index is 0.0470. The largest absolute Gasteiger partial charge is 0.507 e. The summed E-state index contributed by atoms with van der Waals surface area (Å²) in [7, 11) is 4.42. The van der Waals surface area contributed by atoms with Crippen LogP contribution in [0, 0.1) is 0 Å². The van der Waals surface area contributed by atoms with E-state index < -0.39 is 17.7 Å². The summed E-state index contributed by atoms with van der Waals surface area (Å²) in [6.45, 7) is 3.08. The molecule has 0 aromatic heterocycles. The number of aliphatic hydroxyl groups is 1. The number of halogens is 1. The van der Waals surface area contributed by atoms with E-state index in [1.165, 1.54) is 31.3 Å². The highest BCUT2D eigenvalue weighted by molar-refractivity contribution is 6.46. The molecule has 1 aliphatic heterocycles. The maximum absolute atomic E-state index is 13.2. The first-order chi connectivity index (χ1) is 16.4. The first kappa shape index (κ1) is 25.4. The first-order valence-corrected chi connectivity index (χ1v) is 11.2. The van der Waals surface area contributed by atoms with Crippen molar-refractivity contribution < 1.29 is 33.6 Å². The van der Waals surface area contributed by atoms with Gasteiger partial charge in [-0.3, -0.25) is 9.59 Å².